The van der Waals surface area contributed by atoms with Gasteiger partial charge in [-0.3, -0.25) is 4.90 Å². The molecule has 1 saturated heterocycles. The number of imidazole rings is 1. The van der Waals surface area contributed by atoms with Crippen LogP contribution in [-0.4, -0.2) is 33.1 Å². The summed E-state index contributed by atoms with van der Waals surface area (Å²) in [5, 5.41) is 0. The van der Waals surface area contributed by atoms with Crippen LogP contribution in [0, 0.1) is 0 Å². The highest BCUT2D eigenvalue weighted by molar-refractivity contribution is 9.10. The summed E-state index contributed by atoms with van der Waals surface area (Å²) in [4.78, 5) is 22.5. The van der Waals surface area contributed by atoms with Crippen LogP contribution in [-0.2, 0) is 11.3 Å². The van der Waals surface area contributed by atoms with Crippen molar-refractivity contribution in [3.05, 3.63) is 58.5 Å². The number of nitrogens with zero attached hydrogens (tertiary/aromatic N) is 2. The number of fused-ring (bicyclic) bond motifs is 3. The zero-order valence-corrected chi connectivity index (χ0v) is 20.0. The number of hydrogen-bond acceptors (Lipinski definition) is 4. The zero-order chi connectivity index (χ0) is 22.5. The molecule has 0 saturated carbocycles. The second-order valence-corrected chi connectivity index (χ2v) is 10.2. The largest absolute Gasteiger partial charge is 0.488 e. The molecule has 1 aromatic heterocycles. The molecule has 3 heterocycles. The van der Waals surface area contributed by atoms with Gasteiger partial charge in [0.15, 0.2) is 0 Å². The molecule has 1 atom stereocenters. The Morgan fingerprint density at radius 1 is 1.22 bits per heavy atom. The molecule has 0 radical (unpaired) electrons. The van der Waals surface area contributed by atoms with Gasteiger partial charge in [0.05, 0.1) is 17.9 Å². The van der Waals surface area contributed by atoms with E-state index < -0.39 is 5.60 Å². The van der Waals surface area contributed by atoms with Gasteiger partial charge < -0.3 is 14.5 Å². The molecule has 2 aromatic carbocycles. The lowest BCUT2D eigenvalue weighted by Crippen LogP contribution is -2.36. The Morgan fingerprint density at radius 2 is 2.03 bits per heavy atom. The molecule has 32 heavy (non-hydrogen) atoms. The van der Waals surface area contributed by atoms with E-state index >= 15 is 0 Å². The summed E-state index contributed by atoms with van der Waals surface area (Å²) in [6.45, 7) is 6.87. The molecule has 0 spiro atoms. The number of carbonyl (C=O) groups is 1. The minimum atomic E-state index is -0.515. The van der Waals surface area contributed by atoms with Crippen LogP contribution in [0.4, 0.5) is 4.79 Å². The lowest BCUT2D eigenvalue weighted by molar-refractivity contribution is 0.0218. The Hall–Kier alpha value is -2.80. The number of nitrogens with one attached hydrogen (secondary N) is 1. The highest BCUT2D eigenvalue weighted by Gasteiger charge is 2.34. The Kier molecular flexibility index (Phi) is 5.24. The van der Waals surface area contributed by atoms with Gasteiger partial charge in [0, 0.05) is 16.6 Å². The van der Waals surface area contributed by atoms with Crippen molar-refractivity contribution in [2.24, 2.45) is 0 Å². The fraction of sp³-hybridized carbons (Fsp3) is 0.360. The van der Waals surface area contributed by atoms with E-state index in [9.17, 15) is 4.79 Å². The second-order valence-electron chi connectivity index (χ2n) is 9.31. The van der Waals surface area contributed by atoms with Gasteiger partial charge in [-0.1, -0.05) is 28.1 Å². The Balaban J connectivity index is 1.40. The summed E-state index contributed by atoms with van der Waals surface area (Å²) in [6.07, 6.45) is 3.37. The molecule has 1 fully saturated rings. The van der Waals surface area contributed by atoms with Crippen molar-refractivity contribution in [3.63, 3.8) is 0 Å². The van der Waals surface area contributed by atoms with Crippen LogP contribution in [0.15, 0.2) is 47.1 Å². The third kappa shape index (κ3) is 4.01. The molecule has 1 N–H and O–H groups in total. The SMILES string of the molecule is CC(C)(C)OC(=O)N1CCCC1c1ncc(-c2ccc3c(c2)COc2cc(Br)ccc2-3)[nH]1. The van der Waals surface area contributed by atoms with E-state index in [0.29, 0.717) is 13.2 Å². The number of aromatic nitrogens is 2. The summed E-state index contributed by atoms with van der Waals surface area (Å²) < 4.78 is 12.6. The fourth-order valence-electron chi connectivity index (χ4n) is 4.38. The number of benzene rings is 2. The van der Waals surface area contributed by atoms with E-state index in [1.807, 2.05) is 39.1 Å². The van der Waals surface area contributed by atoms with Crippen molar-refractivity contribution >= 4 is 22.0 Å². The smallest absolute Gasteiger partial charge is 0.410 e. The van der Waals surface area contributed by atoms with Gasteiger partial charge in [-0.15, -0.1) is 0 Å². The third-order valence-corrected chi connectivity index (χ3v) is 6.32. The van der Waals surface area contributed by atoms with Crippen molar-refractivity contribution in [2.45, 2.75) is 51.9 Å². The van der Waals surface area contributed by atoms with Crippen molar-refractivity contribution in [1.82, 2.24) is 14.9 Å². The number of H-pyrrole nitrogens is 1. The molecule has 2 aliphatic rings. The standard InChI is InChI=1S/C25H26BrN3O3/c1-25(2,3)32-24(30)29-10-4-5-21(29)23-27-13-20(28-23)15-6-8-18-16(11-15)14-31-22-12-17(26)7-9-19(18)22/h6-9,11-13,21H,4-5,10,14H2,1-3H3,(H,27,28). The topological polar surface area (TPSA) is 67.4 Å². The van der Waals surface area contributed by atoms with Crippen molar-refractivity contribution in [3.8, 4) is 28.1 Å². The number of amides is 1. The van der Waals surface area contributed by atoms with E-state index in [0.717, 1.165) is 51.3 Å². The zero-order valence-electron chi connectivity index (χ0n) is 18.4. The second kappa shape index (κ2) is 7.96. The van der Waals surface area contributed by atoms with Gasteiger partial charge in [0.2, 0.25) is 0 Å². The molecule has 3 aromatic rings. The van der Waals surface area contributed by atoms with Gasteiger partial charge in [-0.25, -0.2) is 9.78 Å². The molecule has 166 valence electrons. The van der Waals surface area contributed by atoms with E-state index in [1.54, 1.807) is 4.90 Å². The molecular formula is C25H26BrN3O3. The summed E-state index contributed by atoms with van der Waals surface area (Å²) in [5.74, 6) is 1.69. The number of hydrogen-bond donors (Lipinski definition) is 1. The predicted molar refractivity (Wildman–Crippen MR) is 126 cm³/mol. The van der Waals surface area contributed by atoms with E-state index in [4.69, 9.17) is 9.47 Å². The lowest BCUT2D eigenvalue weighted by Gasteiger charge is -2.27. The molecule has 0 bridgehead atoms. The monoisotopic (exact) mass is 495 g/mol. The fourth-order valence-corrected chi connectivity index (χ4v) is 4.72. The number of ether oxygens (including phenoxy) is 2. The molecule has 5 rings (SSSR count). The predicted octanol–water partition coefficient (Wildman–Crippen LogP) is 6.47. The Morgan fingerprint density at radius 3 is 2.84 bits per heavy atom. The van der Waals surface area contributed by atoms with Crippen molar-refractivity contribution in [1.29, 1.82) is 0 Å². The molecule has 1 amide bonds. The first kappa shape index (κ1) is 21.1. The number of carbonyl (C=O) groups excluding carboxylic acids is 1. The minimum absolute atomic E-state index is 0.0927. The van der Waals surface area contributed by atoms with E-state index in [-0.39, 0.29) is 12.1 Å². The molecule has 7 heteroatoms. The van der Waals surface area contributed by atoms with Gasteiger partial charge in [0.25, 0.3) is 0 Å². The van der Waals surface area contributed by atoms with Gasteiger partial charge >= 0.3 is 6.09 Å². The van der Waals surface area contributed by atoms with Crippen LogP contribution in [0.2, 0.25) is 0 Å². The molecule has 0 aliphatic carbocycles. The number of aromatic amines is 1. The van der Waals surface area contributed by atoms with Crippen LogP contribution in [0.25, 0.3) is 22.4 Å². The van der Waals surface area contributed by atoms with E-state index in [1.165, 1.54) is 5.56 Å². The van der Waals surface area contributed by atoms with Gasteiger partial charge in [-0.05, 0) is 74.6 Å². The maximum Gasteiger partial charge on any atom is 0.410 e. The summed E-state index contributed by atoms with van der Waals surface area (Å²) >= 11 is 3.51. The average Bonchev–Trinajstić information content (AvgIpc) is 3.41. The third-order valence-electron chi connectivity index (χ3n) is 5.83. The highest BCUT2D eigenvalue weighted by atomic mass is 79.9. The Labute approximate surface area is 196 Å². The number of halogens is 1. The van der Waals surface area contributed by atoms with Crippen molar-refractivity contribution in [2.75, 3.05) is 6.54 Å². The van der Waals surface area contributed by atoms with Crippen LogP contribution in [0.3, 0.4) is 0 Å². The number of rotatable bonds is 2. The lowest BCUT2D eigenvalue weighted by atomic mass is 9.95. The highest BCUT2D eigenvalue weighted by Crippen LogP contribution is 2.40. The Bertz CT molecular complexity index is 1180. The van der Waals surface area contributed by atoms with Crippen LogP contribution in [0.5, 0.6) is 5.75 Å². The van der Waals surface area contributed by atoms with Crippen LogP contribution >= 0.6 is 15.9 Å². The first-order valence-corrected chi connectivity index (χ1v) is 11.7. The van der Waals surface area contributed by atoms with Gasteiger partial charge in [-0.2, -0.15) is 0 Å². The summed E-state index contributed by atoms with van der Waals surface area (Å²) in [5.41, 5.74) is 4.90. The molecule has 1 unspecified atom stereocenters. The first-order valence-electron chi connectivity index (χ1n) is 10.9. The normalized spacial score (nSPS) is 17.5. The maximum absolute atomic E-state index is 12.6. The van der Waals surface area contributed by atoms with Crippen LogP contribution in [0.1, 0.15) is 51.0 Å². The molecular weight excluding hydrogens is 470 g/mol. The molecule has 2 aliphatic heterocycles. The first-order chi connectivity index (χ1) is 15.3. The maximum atomic E-state index is 12.6. The minimum Gasteiger partial charge on any atom is -0.488 e. The quantitative estimate of drug-likeness (QED) is 0.442. The molecule has 6 nitrogen and oxygen atoms in total. The average molecular weight is 496 g/mol. The number of likely N-dealkylation sites (tertiary alicyclic amines) is 1. The van der Waals surface area contributed by atoms with E-state index in [2.05, 4.69) is 50.2 Å². The van der Waals surface area contributed by atoms with Crippen molar-refractivity contribution < 1.29 is 14.3 Å². The summed E-state index contributed by atoms with van der Waals surface area (Å²) in [7, 11) is 0. The van der Waals surface area contributed by atoms with Gasteiger partial charge in [0.1, 0.15) is 23.8 Å². The van der Waals surface area contributed by atoms with Crippen LogP contribution < -0.4 is 4.74 Å². The summed E-state index contributed by atoms with van der Waals surface area (Å²) in [6, 6.07) is 12.4.